The molecule has 0 heterocycles. The smallest absolute Gasteiger partial charge is 1.00 e. The largest absolute Gasteiger partial charge is 2.00 e. The Balaban J connectivity index is -0.000000105. The van der Waals surface area contributed by atoms with Crippen LogP contribution in [0.25, 0.3) is 0 Å². The molecule has 4 rings (SSSR count). The number of allylic oxidation sites excluding steroid dienone is 16. The van der Waals surface area contributed by atoms with Crippen molar-refractivity contribution in [3.05, 3.63) is 97.2 Å². The Bertz CT molecular complexity index is 342. The number of hydrogen-bond acceptors (Lipinski definition) is 0. The van der Waals surface area contributed by atoms with E-state index in [0.29, 0.717) is 0 Å². The van der Waals surface area contributed by atoms with E-state index in [1.165, 1.54) is 0 Å². The number of halogens is 1. The van der Waals surface area contributed by atoms with Crippen molar-refractivity contribution in [2.24, 2.45) is 0 Å². The summed E-state index contributed by atoms with van der Waals surface area (Å²) >= 11 is 0. The van der Waals surface area contributed by atoms with Gasteiger partial charge in [-0.15, -0.1) is 38.1 Å². The van der Waals surface area contributed by atoms with E-state index < -0.39 is 0 Å². The van der Waals surface area contributed by atoms with Crippen molar-refractivity contribution in [2.45, 2.75) is 25.7 Å². The van der Waals surface area contributed by atoms with Gasteiger partial charge in [0.25, 0.3) is 0 Å². The first-order valence-electron chi connectivity index (χ1n) is 6.87. The molecule has 0 nitrogen and oxygen atoms in total. The maximum Gasteiger partial charge on any atom is 2.00 e. The van der Waals surface area contributed by atoms with Crippen molar-refractivity contribution in [3.8, 4) is 0 Å². The van der Waals surface area contributed by atoms with Crippen molar-refractivity contribution >= 4 is 12.4 Å². The fraction of sp³-hybridized carbons (Fsp3) is 0.200. The third kappa shape index (κ3) is 22.0. The summed E-state index contributed by atoms with van der Waals surface area (Å²) in [7, 11) is 0. The van der Waals surface area contributed by atoms with E-state index in [1.54, 1.807) is 0 Å². The van der Waals surface area contributed by atoms with Gasteiger partial charge in [0, 0.05) is 0 Å². The van der Waals surface area contributed by atoms with Crippen LogP contribution in [0.3, 0.4) is 0 Å². The molecule has 118 valence electrons. The second kappa shape index (κ2) is 24.2. The molecule has 0 spiro atoms. The first kappa shape index (κ1) is 27.8. The Hall–Kier alpha value is -0.0238. The second-order valence-corrected chi connectivity index (χ2v) is 4.01. The molecule has 23 heavy (non-hydrogen) atoms. The van der Waals surface area contributed by atoms with Gasteiger partial charge in [-0.05, 0) is 0 Å². The van der Waals surface area contributed by atoms with Gasteiger partial charge in [0.15, 0.2) is 0 Å². The average molecular weight is 480 g/mol. The molecule has 4 aliphatic carbocycles. The van der Waals surface area contributed by atoms with Gasteiger partial charge in [-0.25, -0.2) is 48.6 Å². The van der Waals surface area contributed by atoms with E-state index in [2.05, 4.69) is 48.6 Å². The molecule has 0 amide bonds. The Morgan fingerprint density at radius 2 is 0.696 bits per heavy atom. The predicted octanol–water partition coefficient (Wildman–Crippen LogP) is 5.75. The van der Waals surface area contributed by atoms with Crippen LogP contribution in [0.2, 0.25) is 0 Å². The Labute approximate surface area is 187 Å². The van der Waals surface area contributed by atoms with Gasteiger partial charge >= 0.3 is 52.4 Å². The van der Waals surface area contributed by atoms with Gasteiger partial charge in [-0.2, -0.15) is 24.3 Å². The minimum atomic E-state index is 0. The van der Waals surface area contributed by atoms with Crippen LogP contribution >= 0.6 is 12.4 Å². The van der Waals surface area contributed by atoms with E-state index in [0.717, 1.165) is 25.7 Å². The van der Waals surface area contributed by atoms with Crippen LogP contribution in [0.4, 0.5) is 0 Å². The van der Waals surface area contributed by atoms with Gasteiger partial charge in [-0.1, -0.05) is 0 Å². The van der Waals surface area contributed by atoms with Gasteiger partial charge < -0.3 is 1.43 Å². The predicted molar refractivity (Wildman–Crippen MR) is 94.6 cm³/mol. The molecule has 3 heteroatoms. The zero-order valence-electron chi connectivity index (χ0n) is 14.2. The molecule has 0 bridgehead atoms. The summed E-state index contributed by atoms with van der Waals surface area (Å²) in [5, 5.41) is 0. The van der Waals surface area contributed by atoms with Crippen LogP contribution in [0.5, 0.6) is 0 Å². The van der Waals surface area contributed by atoms with Crippen LogP contribution in [-0.4, -0.2) is 0 Å². The quantitative estimate of drug-likeness (QED) is 0.388. The average Bonchev–Trinajstić information content (AvgIpc) is 3.40. The van der Waals surface area contributed by atoms with Crippen LogP contribution in [-0.2, 0) is 52.4 Å². The maximum atomic E-state index is 2.99. The van der Waals surface area contributed by atoms with E-state index in [9.17, 15) is 0 Å². The normalized spacial score (nSPS) is 15.3. The summed E-state index contributed by atoms with van der Waals surface area (Å²) in [5.74, 6) is 0. The summed E-state index contributed by atoms with van der Waals surface area (Å²) in [4.78, 5) is 0. The van der Waals surface area contributed by atoms with Crippen molar-refractivity contribution < 1.29 is 53.8 Å². The van der Waals surface area contributed by atoms with Crippen molar-refractivity contribution in [1.82, 2.24) is 0 Å². The Kier molecular flexibility index (Phi) is 29.3. The zero-order valence-corrected chi connectivity index (χ0v) is 18.9. The molecule has 0 aliphatic heterocycles. The molecule has 0 saturated carbocycles. The fourth-order valence-electron chi connectivity index (χ4n) is 1.36. The molecule has 0 saturated heterocycles. The van der Waals surface area contributed by atoms with Crippen LogP contribution < -0.4 is 0 Å². The molecule has 0 fully saturated rings. The van der Waals surface area contributed by atoms with Crippen LogP contribution in [0, 0.1) is 24.3 Å². The van der Waals surface area contributed by atoms with E-state index in [1.807, 2.05) is 48.6 Å². The third-order valence-corrected chi connectivity index (χ3v) is 2.34. The monoisotopic (exact) mass is 477 g/mol. The summed E-state index contributed by atoms with van der Waals surface area (Å²) in [5.41, 5.74) is 0. The van der Waals surface area contributed by atoms with Crippen molar-refractivity contribution in [3.63, 3.8) is 0 Å². The molecule has 0 aromatic heterocycles. The molecule has 0 N–H and O–H groups in total. The first-order valence-corrected chi connectivity index (χ1v) is 6.87. The Morgan fingerprint density at radius 1 is 0.478 bits per heavy atom. The molecule has 0 aromatic rings. The second-order valence-electron chi connectivity index (χ2n) is 4.01. The molecule has 0 unspecified atom stereocenters. The molecular weight excluding hydrogens is 458 g/mol. The zero-order chi connectivity index (χ0) is 14.1. The molecule has 0 atom stereocenters. The summed E-state index contributed by atoms with van der Waals surface area (Å²) in [6, 6.07) is 0. The summed E-state index contributed by atoms with van der Waals surface area (Å²) < 4.78 is 0. The topological polar surface area (TPSA) is 0 Å². The van der Waals surface area contributed by atoms with Gasteiger partial charge in [-0.3, -0.25) is 24.3 Å². The minimum Gasteiger partial charge on any atom is -1.00 e. The van der Waals surface area contributed by atoms with Crippen LogP contribution in [0.15, 0.2) is 72.9 Å². The first-order chi connectivity index (χ1) is 10.0. The van der Waals surface area contributed by atoms with Crippen LogP contribution in [0.1, 0.15) is 27.1 Å². The van der Waals surface area contributed by atoms with E-state index in [4.69, 9.17) is 0 Å². The molecule has 0 aromatic carbocycles. The number of rotatable bonds is 0. The van der Waals surface area contributed by atoms with Crippen molar-refractivity contribution in [1.29, 1.82) is 0 Å². The van der Waals surface area contributed by atoms with Gasteiger partial charge in [0.1, 0.15) is 0 Å². The fourth-order valence-corrected chi connectivity index (χ4v) is 1.36. The molecular formula is C20H22ClZr2-. The van der Waals surface area contributed by atoms with E-state index in [-0.39, 0.29) is 66.2 Å². The maximum absolute atomic E-state index is 2.99. The third-order valence-electron chi connectivity index (χ3n) is 2.34. The summed E-state index contributed by atoms with van der Waals surface area (Å²) in [6.45, 7) is 0. The molecule has 0 radical (unpaired) electrons. The van der Waals surface area contributed by atoms with Gasteiger partial charge in [0.2, 0.25) is 0 Å². The van der Waals surface area contributed by atoms with Crippen molar-refractivity contribution in [2.75, 3.05) is 0 Å². The standard InChI is InChI=1S/4C5H5.ClH.2Zr.H/c4*1-2-4-5-3-1;;;;/h4*1-3H,4H2;1H;;;/q4*-1;;2*+2;-1. The molecule has 4 aliphatic rings. The number of hydrogen-bond donors (Lipinski definition) is 0. The SMILES string of the molecule is Cl.[C-]1=CC=CC1.[C-]1=CC=CC1.[C-]1=CC=CC1.[C-]1=CC=CC1.[H-].[Zr+2].[Zr+2]. The Morgan fingerprint density at radius 3 is 0.739 bits per heavy atom. The minimum absolute atomic E-state index is 0. The van der Waals surface area contributed by atoms with Gasteiger partial charge in [0.05, 0.1) is 0 Å². The van der Waals surface area contributed by atoms with E-state index >= 15 is 0 Å². The summed E-state index contributed by atoms with van der Waals surface area (Å²) in [6.07, 6.45) is 40.0.